The molecule has 2 aromatic rings. The highest BCUT2D eigenvalue weighted by Gasteiger charge is 2.46. The topological polar surface area (TPSA) is 121 Å². The minimum atomic E-state index is -1.26. The largest absolute Gasteiger partial charge is 0.489 e. The number of aliphatic hydroxyl groups excluding tert-OH is 3. The number of rotatable bonds is 4. The monoisotopic (exact) mass is 471 g/mol. The molecule has 0 spiro atoms. The van der Waals surface area contributed by atoms with Crippen molar-refractivity contribution in [2.45, 2.75) is 70.2 Å². The Morgan fingerprint density at radius 1 is 1.09 bits per heavy atom. The molecule has 9 atom stereocenters. The second-order valence-corrected chi connectivity index (χ2v) is 10.2. The van der Waals surface area contributed by atoms with Crippen LogP contribution in [0.5, 0.6) is 11.5 Å². The second-order valence-electron chi connectivity index (χ2n) is 10.2. The van der Waals surface area contributed by atoms with Gasteiger partial charge in [0.2, 0.25) is 6.29 Å². The lowest BCUT2D eigenvalue weighted by atomic mass is 9.63. The van der Waals surface area contributed by atoms with E-state index in [1.165, 1.54) is 0 Å². The van der Waals surface area contributed by atoms with Crippen molar-refractivity contribution in [2.24, 2.45) is 17.8 Å². The molecular formula is C26H33NO7. The van der Waals surface area contributed by atoms with Gasteiger partial charge >= 0.3 is 0 Å². The van der Waals surface area contributed by atoms with Crippen molar-refractivity contribution < 1.29 is 29.5 Å². The number of aliphatic hydroxyl groups is 3. The predicted molar refractivity (Wildman–Crippen MR) is 125 cm³/mol. The lowest BCUT2D eigenvalue weighted by Gasteiger charge is -2.46. The molecule has 2 fully saturated rings. The molecule has 0 unspecified atom stereocenters. The number of aromatic amines is 1. The Bertz CT molecular complexity index is 1080. The van der Waals surface area contributed by atoms with Crippen LogP contribution in [0.1, 0.15) is 45.1 Å². The molecule has 1 saturated carbocycles. The summed E-state index contributed by atoms with van der Waals surface area (Å²) in [6, 6.07) is 7.19. The van der Waals surface area contributed by atoms with Crippen molar-refractivity contribution in [3.63, 3.8) is 0 Å². The number of hydrogen-bond acceptors (Lipinski definition) is 7. The molecule has 4 N–H and O–H groups in total. The fraction of sp³-hybridized carbons (Fsp3) is 0.577. The van der Waals surface area contributed by atoms with Crippen molar-refractivity contribution in [1.82, 2.24) is 4.98 Å². The summed E-state index contributed by atoms with van der Waals surface area (Å²) < 4.78 is 17.5. The van der Waals surface area contributed by atoms with Crippen molar-refractivity contribution in [3.05, 3.63) is 46.4 Å². The summed E-state index contributed by atoms with van der Waals surface area (Å²) in [5, 5.41) is 29.3. The molecular weight excluding hydrogens is 438 g/mol. The van der Waals surface area contributed by atoms with Gasteiger partial charge in [-0.3, -0.25) is 4.79 Å². The average Bonchev–Trinajstić information content (AvgIpc) is 3.08. The van der Waals surface area contributed by atoms with Gasteiger partial charge in [0.15, 0.2) is 0 Å². The quantitative estimate of drug-likeness (QED) is 0.540. The molecule has 1 aliphatic carbocycles. The van der Waals surface area contributed by atoms with Crippen LogP contribution >= 0.6 is 0 Å². The Kier molecular flexibility index (Phi) is 6.18. The van der Waals surface area contributed by atoms with Gasteiger partial charge in [0.25, 0.3) is 5.56 Å². The summed E-state index contributed by atoms with van der Waals surface area (Å²) >= 11 is 0. The maximum Gasteiger partial charge on any atom is 0.255 e. The third-order valence-electron chi connectivity index (χ3n) is 7.76. The fourth-order valence-corrected chi connectivity index (χ4v) is 6.15. The summed E-state index contributed by atoms with van der Waals surface area (Å²) in [7, 11) is 0. The van der Waals surface area contributed by atoms with Crippen LogP contribution in [-0.4, -0.2) is 57.6 Å². The van der Waals surface area contributed by atoms with Gasteiger partial charge in [-0.1, -0.05) is 26.0 Å². The lowest BCUT2D eigenvalue weighted by Crippen LogP contribution is -2.43. The van der Waals surface area contributed by atoms with Gasteiger partial charge in [-0.05, 0) is 49.3 Å². The van der Waals surface area contributed by atoms with E-state index >= 15 is 0 Å². The number of H-pyrrole nitrogens is 1. The molecule has 5 rings (SSSR count). The smallest absolute Gasteiger partial charge is 0.255 e. The molecule has 1 aromatic carbocycles. The first-order valence-electron chi connectivity index (χ1n) is 12.1. The number of hydrogen-bond donors (Lipinski definition) is 4. The minimum Gasteiger partial charge on any atom is -0.489 e. The van der Waals surface area contributed by atoms with Crippen molar-refractivity contribution in [3.8, 4) is 22.6 Å². The van der Waals surface area contributed by atoms with Crippen LogP contribution in [0.3, 0.4) is 0 Å². The van der Waals surface area contributed by atoms with E-state index in [4.69, 9.17) is 14.2 Å². The van der Waals surface area contributed by atoms with E-state index in [1.54, 1.807) is 18.3 Å². The van der Waals surface area contributed by atoms with E-state index in [0.717, 1.165) is 29.5 Å². The summed E-state index contributed by atoms with van der Waals surface area (Å²) in [5.74, 6) is 2.64. The van der Waals surface area contributed by atoms with E-state index in [0.29, 0.717) is 29.3 Å². The summed E-state index contributed by atoms with van der Waals surface area (Å²) in [4.78, 5) is 15.9. The Morgan fingerprint density at radius 3 is 2.50 bits per heavy atom. The number of ether oxygens (including phenoxy) is 3. The zero-order chi connectivity index (χ0) is 24.1. The molecule has 0 radical (unpaired) electrons. The SMILES string of the molecule is C[C@H]1C[C@@H]2[C@H](c3c(c(-c4ccc(O[C@@H]5O[C@H](CO)[C@@H](O)[C@H]5O)cc4)c[nH]c3=O)O[C@H]2C)[C@@H](C)C1. The first-order valence-corrected chi connectivity index (χ1v) is 12.1. The van der Waals surface area contributed by atoms with Gasteiger partial charge in [0, 0.05) is 23.6 Å². The molecule has 8 nitrogen and oxygen atoms in total. The standard InChI is InChI=1S/C26H33NO7/c1-12-8-13(2)20-17(9-12)14(3)32-24-18(10-27-25(31)21(20)24)15-4-6-16(7-5-15)33-26-23(30)22(29)19(11-28)34-26/h4-7,10,12-14,17,19-20,22-23,26,28-30H,8-9,11H2,1-3H3,(H,27,31)/t12-,13+,14+,17+,19-,20-,22-,23-,26-/m1/s1. The highest BCUT2D eigenvalue weighted by atomic mass is 16.7. The molecule has 3 heterocycles. The number of aromatic nitrogens is 1. The Morgan fingerprint density at radius 2 is 1.82 bits per heavy atom. The van der Waals surface area contributed by atoms with E-state index in [-0.39, 0.29) is 17.6 Å². The van der Waals surface area contributed by atoms with Gasteiger partial charge in [-0.25, -0.2) is 0 Å². The molecule has 2 aliphatic heterocycles. The van der Waals surface area contributed by atoms with Crippen molar-refractivity contribution in [2.75, 3.05) is 6.61 Å². The number of pyridine rings is 1. The Balaban J connectivity index is 1.43. The summed E-state index contributed by atoms with van der Waals surface area (Å²) in [6.45, 7) is 6.21. The Hall–Kier alpha value is -2.39. The minimum absolute atomic E-state index is 0.0257. The first-order chi connectivity index (χ1) is 16.3. The molecule has 184 valence electrons. The molecule has 8 heteroatoms. The van der Waals surface area contributed by atoms with Crippen molar-refractivity contribution in [1.29, 1.82) is 0 Å². The Labute approximate surface area is 198 Å². The van der Waals surface area contributed by atoms with E-state index in [9.17, 15) is 20.1 Å². The van der Waals surface area contributed by atoms with Gasteiger partial charge in [-0.15, -0.1) is 0 Å². The molecule has 1 aromatic heterocycles. The van der Waals surface area contributed by atoms with Crippen molar-refractivity contribution >= 4 is 0 Å². The molecule has 0 bridgehead atoms. The van der Waals surface area contributed by atoms with Gasteiger partial charge in [0.05, 0.1) is 18.3 Å². The maximum atomic E-state index is 13.0. The van der Waals surface area contributed by atoms with Crippen LogP contribution in [0.4, 0.5) is 0 Å². The summed E-state index contributed by atoms with van der Waals surface area (Å²) in [5.41, 5.74) is 2.37. The third-order valence-corrected chi connectivity index (χ3v) is 7.76. The highest BCUT2D eigenvalue weighted by molar-refractivity contribution is 5.72. The second kappa shape index (κ2) is 9.00. The van der Waals surface area contributed by atoms with E-state index in [1.807, 2.05) is 12.1 Å². The third kappa shape index (κ3) is 3.92. The highest BCUT2D eigenvalue weighted by Crippen LogP contribution is 2.52. The number of benzene rings is 1. The van der Waals surface area contributed by atoms with Crippen LogP contribution in [0.25, 0.3) is 11.1 Å². The molecule has 3 aliphatic rings. The first kappa shape index (κ1) is 23.4. The van der Waals surface area contributed by atoms with Gasteiger partial charge in [-0.2, -0.15) is 0 Å². The molecule has 34 heavy (non-hydrogen) atoms. The average molecular weight is 472 g/mol. The summed E-state index contributed by atoms with van der Waals surface area (Å²) in [6.07, 6.45) is -0.545. The van der Waals surface area contributed by atoms with Crippen LogP contribution in [0.15, 0.2) is 35.3 Å². The zero-order valence-corrected chi connectivity index (χ0v) is 19.7. The van der Waals surface area contributed by atoms with Crippen LogP contribution in [-0.2, 0) is 4.74 Å². The van der Waals surface area contributed by atoms with E-state index < -0.39 is 31.2 Å². The van der Waals surface area contributed by atoms with Gasteiger partial charge in [0.1, 0.15) is 29.8 Å². The van der Waals surface area contributed by atoms with Crippen LogP contribution in [0.2, 0.25) is 0 Å². The number of nitrogens with one attached hydrogen (secondary N) is 1. The van der Waals surface area contributed by atoms with Crippen LogP contribution in [0, 0.1) is 17.8 Å². The van der Waals surface area contributed by atoms with Gasteiger partial charge < -0.3 is 34.5 Å². The maximum absolute atomic E-state index is 13.0. The number of fused-ring (bicyclic) bond motifs is 3. The lowest BCUT2D eigenvalue weighted by molar-refractivity contribution is -0.116. The zero-order valence-electron chi connectivity index (χ0n) is 19.7. The molecule has 1 saturated heterocycles. The fourth-order valence-electron chi connectivity index (χ4n) is 6.15. The van der Waals surface area contributed by atoms with Crippen LogP contribution < -0.4 is 15.0 Å². The normalized spacial score (nSPS) is 36.9. The van der Waals surface area contributed by atoms with E-state index in [2.05, 4.69) is 25.8 Å². The predicted octanol–water partition coefficient (Wildman–Crippen LogP) is 2.41. The molecule has 0 amide bonds.